The average molecular weight is 245 g/mol. The Hall–Kier alpha value is -2.63. The molecule has 18 heavy (non-hydrogen) atoms. The highest BCUT2D eigenvalue weighted by Crippen LogP contribution is 2.07. The molecule has 2 rings (SSSR count). The molecule has 2 aromatic rings. The number of Topliss-reactive ketones (excluding diaryl/α,β-unsaturated/α-hetero) is 1. The maximum Gasteiger partial charge on any atom is 0.233 e. The van der Waals surface area contributed by atoms with Crippen molar-refractivity contribution in [3.8, 4) is 0 Å². The predicted octanol–water partition coefficient (Wildman–Crippen LogP) is 1.68. The Morgan fingerprint density at radius 3 is 2.67 bits per heavy atom. The highest BCUT2D eigenvalue weighted by Gasteiger charge is 2.18. The molecule has 90 valence electrons. The zero-order valence-electron chi connectivity index (χ0n) is 9.12. The Morgan fingerprint density at radius 1 is 1.22 bits per heavy atom. The van der Waals surface area contributed by atoms with E-state index in [4.69, 9.17) is 5.21 Å². The van der Waals surface area contributed by atoms with Crippen LogP contribution in [-0.2, 0) is 0 Å². The predicted molar refractivity (Wildman–Crippen MR) is 61.1 cm³/mol. The highest BCUT2D eigenvalue weighted by atomic mass is 19.1. The van der Waals surface area contributed by atoms with Gasteiger partial charge in [0.25, 0.3) is 0 Å². The minimum atomic E-state index is -0.762. The number of carbonyl (C=O) groups excluding carboxylic acids is 1. The van der Waals surface area contributed by atoms with Gasteiger partial charge in [0.2, 0.25) is 11.7 Å². The van der Waals surface area contributed by atoms with E-state index in [9.17, 15) is 9.18 Å². The van der Waals surface area contributed by atoms with E-state index >= 15 is 0 Å². The van der Waals surface area contributed by atoms with Crippen LogP contribution in [0.2, 0.25) is 0 Å². The number of halogens is 1. The van der Waals surface area contributed by atoms with Gasteiger partial charge in [-0.05, 0) is 18.2 Å². The van der Waals surface area contributed by atoms with E-state index in [1.807, 2.05) is 0 Å². The summed E-state index contributed by atoms with van der Waals surface area (Å²) in [6, 6.07) is 7.14. The quantitative estimate of drug-likeness (QED) is 0.293. The van der Waals surface area contributed by atoms with Gasteiger partial charge in [-0.2, -0.15) is 4.39 Å². The Labute approximate surface area is 102 Å². The van der Waals surface area contributed by atoms with E-state index in [1.54, 1.807) is 12.1 Å². The van der Waals surface area contributed by atoms with Gasteiger partial charge in [0, 0.05) is 24.0 Å². The number of pyridine rings is 2. The summed E-state index contributed by atoms with van der Waals surface area (Å²) in [7, 11) is 0. The van der Waals surface area contributed by atoms with E-state index in [-0.39, 0.29) is 17.0 Å². The van der Waals surface area contributed by atoms with Crippen molar-refractivity contribution in [1.82, 2.24) is 9.97 Å². The van der Waals surface area contributed by atoms with Gasteiger partial charge in [0.1, 0.15) is 5.69 Å². The van der Waals surface area contributed by atoms with Crippen LogP contribution in [0.3, 0.4) is 0 Å². The van der Waals surface area contributed by atoms with E-state index in [0.717, 1.165) is 6.07 Å². The first kappa shape index (κ1) is 11.8. The van der Waals surface area contributed by atoms with Gasteiger partial charge in [0.05, 0.1) is 0 Å². The number of carbonyl (C=O) groups is 1. The molecule has 0 spiro atoms. The summed E-state index contributed by atoms with van der Waals surface area (Å²) in [6.07, 6.45) is 2.62. The molecule has 0 radical (unpaired) electrons. The molecule has 0 aromatic carbocycles. The fourth-order valence-corrected chi connectivity index (χ4v) is 1.40. The first-order valence-electron chi connectivity index (χ1n) is 5.02. The third-order valence-electron chi connectivity index (χ3n) is 2.21. The molecule has 0 unspecified atom stereocenters. The summed E-state index contributed by atoms with van der Waals surface area (Å²) in [5.41, 5.74) is -0.0295. The first-order chi connectivity index (χ1) is 8.72. The fourth-order valence-electron chi connectivity index (χ4n) is 1.40. The highest BCUT2D eigenvalue weighted by molar-refractivity contribution is 6.50. The number of ketones is 1. The number of oxime groups is 1. The van der Waals surface area contributed by atoms with E-state index in [2.05, 4.69) is 15.1 Å². The largest absolute Gasteiger partial charge is 0.410 e. The van der Waals surface area contributed by atoms with Crippen molar-refractivity contribution < 1.29 is 14.4 Å². The van der Waals surface area contributed by atoms with Gasteiger partial charge in [-0.15, -0.1) is 0 Å². The molecule has 6 heteroatoms. The molecule has 0 aliphatic carbocycles. The molecule has 0 atom stereocenters. The number of hydrogen-bond donors (Lipinski definition) is 1. The lowest BCUT2D eigenvalue weighted by molar-refractivity contribution is 0.105. The topological polar surface area (TPSA) is 75.4 Å². The van der Waals surface area contributed by atoms with Gasteiger partial charge in [-0.3, -0.25) is 9.78 Å². The average Bonchev–Trinajstić information content (AvgIpc) is 2.40. The molecule has 2 aromatic heterocycles. The molecule has 0 saturated carbocycles. The van der Waals surface area contributed by atoms with Crippen LogP contribution in [0, 0.1) is 5.95 Å². The fraction of sp³-hybridized carbons (Fsp3) is 0. The molecule has 0 aliphatic heterocycles. The van der Waals surface area contributed by atoms with Gasteiger partial charge >= 0.3 is 0 Å². The lowest BCUT2D eigenvalue weighted by Crippen LogP contribution is -2.17. The van der Waals surface area contributed by atoms with Crippen molar-refractivity contribution in [2.45, 2.75) is 0 Å². The molecule has 2 heterocycles. The van der Waals surface area contributed by atoms with Crippen LogP contribution in [0.15, 0.2) is 47.9 Å². The Morgan fingerprint density at radius 2 is 2.06 bits per heavy atom. The van der Waals surface area contributed by atoms with Crippen molar-refractivity contribution in [2.75, 3.05) is 0 Å². The van der Waals surface area contributed by atoms with Crippen LogP contribution in [0.4, 0.5) is 4.39 Å². The molecule has 0 amide bonds. The summed E-state index contributed by atoms with van der Waals surface area (Å²) >= 11 is 0. The number of hydrogen-bond acceptors (Lipinski definition) is 5. The SMILES string of the molecule is O=C(/C(=N\O)c1ccnc(F)c1)c1ccccn1. The third-order valence-corrected chi connectivity index (χ3v) is 2.21. The lowest BCUT2D eigenvalue weighted by Gasteiger charge is -2.02. The first-order valence-corrected chi connectivity index (χ1v) is 5.02. The standard InChI is InChI=1S/C12H8FN3O2/c13-10-7-8(4-6-15-10)11(16-18)12(17)9-3-1-2-5-14-9/h1-7,18H/b16-11-. The van der Waals surface area contributed by atoms with Crippen LogP contribution < -0.4 is 0 Å². The second-order valence-electron chi connectivity index (χ2n) is 3.36. The van der Waals surface area contributed by atoms with Crippen molar-refractivity contribution in [3.05, 3.63) is 59.9 Å². The monoisotopic (exact) mass is 245 g/mol. The molecule has 0 bridgehead atoms. The smallest absolute Gasteiger partial charge is 0.233 e. The van der Waals surface area contributed by atoms with Gasteiger partial charge < -0.3 is 5.21 Å². The molecular weight excluding hydrogens is 237 g/mol. The van der Waals surface area contributed by atoms with Crippen LogP contribution >= 0.6 is 0 Å². The van der Waals surface area contributed by atoms with Crippen molar-refractivity contribution in [1.29, 1.82) is 0 Å². The molecule has 0 saturated heterocycles. The molecule has 1 N–H and O–H groups in total. The van der Waals surface area contributed by atoms with Crippen LogP contribution in [0.1, 0.15) is 16.1 Å². The van der Waals surface area contributed by atoms with E-state index < -0.39 is 11.7 Å². The van der Waals surface area contributed by atoms with Gasteiger partial charge in [-0.1, -0.05) is 11.2 Å². The summed E-state index contributed by atoms with van der Waals surface area (Å²) in [6.45, 7) is 0. The second kappa shape index (κ2) is 5.13. The van der Waals surface area contributed by atoms with Crippen LogP contribution in [-0.4, -0.2) is 26.7 Å². The third kappa shape index (κ3) is 2.37. The summed E-state index contributed by atoms with van der Waals surface area (Å²) < 4.78 is 13.0. The summed E-state index contributed by atoms with van der Waals surface area (Å²) in [5.74, 6) is -1.36. The second-order valence-corrected chi connectivity index (χ2v) is 3.36. The Bertz CT molecular complexity index is 599. The summed E-state index contributed by atoms with van der Waals surface area (Å²) in [5, 5.41) is 11.8. The van der Waals surface area contributed by atoms with E-state index in [0.29, 0.717) is 0 Å². The van der Waals surface area contributed by atoms with Crippen molar-refractivity contribution in [3.63, 3.8) is 0 Å². The van der Waals surface area contributed by atoms with Crippen molar-refractivity contribution >= 4 is 11.5 Å². The Kier molecular flexibility index (Phi) is 3.38. The minimum absolute atomic E-state index is 0.113. The van der Waals surface area contributed by atoms with Crippen LogP contribution in [0.25, 0.3) is 0 Å². The number of aromatic nitrogens is 2. The maximum atomic E-state index is 13.0. The van der Waals surface area contributed by atoms with Crippen molar-refractivity contribution in [2.24, 2.45) is 5.16 Å². The summed E-state index contributed by atoms with van der Waals surface area (Å²) in [4.78, 5) is 19.2. The van der Waals surface area contributed by atoms with E-state index in [1.165, 1.54) is 24.5 Å². The van der Waals surface area contributed by atoms with Crippen LogP contribution in [0.5, 0.6) is 0 Å². The Balaban J connectivity index is 2.39. The van der Waals surface area contributed by atoms with Gasteiger partial charge in [0.15, 0.2) is 5.71 Å². The van der Waals surface area contributed by atoms with Gasteiger partial charge in [-0.25, -0.2) is 4.98 Å². The zero-order chi connectivity index (χ0) is 13.0. The molecule has 5 nitrogen and oxygen atoms in total. The zero-order valence-corrected chi connectivity index (χ0v) is 9.12. The minimum Gasteiger partial charge on any atom is -0.410 e. The molecule has 0 aliphatic rings. The normalized spacial score (nSPS) is 11.3. The molecular formula is C12H8FN3O2. The maximum absolute atomic E-state index is 13.0. The number of rotatable bonds is 3. The number of nitrogens with zero attached hydrogens (tertiary/aromatic N) is 3. The lowest BCUT2D eigenvalue weighted by atomic mass is 10.1. The molecule has 0 fully saturated rings.